The number of nitrogens with zero attached hydrogens (tertiary/aromatic N) is 1. The molecular weight excluding hydrogens is 358 g/mol. The molecule has 7 heteroatoms. The van der Waals surface area contributed by atoms with Crippen LogP contribution in [-0.4, -0.2) is 33.2 Å². The van der Waals surface area contributed by atoms with Crippen LogP contribution in [0.1, 0.15) is 11.1 Å². The number of aliphatic imine (C=N–C) groups is 1. The van der Waals surface area contributed by atoms with Crippen LogP contribution in [-0.2, 0) is 9.53 Å². The van der Waals surface area contributed by atoms with E-state index in [-0.39, 0.29) is 11.6 Å². The Labute approximate surface area is 155 Å². The largest absolute Gasteiger partial charge is 0.497 e. The van der Waals surface area contributed by atoms with E-state index < -0.39 is 5.97 Å². The summed E-state index contributed by atoms with van der Waals surface area (Å²) in [6, 6.07) is 10.2. The zero-order chi connectivity index (χ0) is 18.7. The summed E-state index contributed by atoms with van der Waals surface area (Å²) >= 11 is 6.02. The van der Waals surface area contributed by atoms with Crippen LogP contribution in [0.3, 0.4) is 0 Å². The number of methoxy groups -OCH3 is 3. The topological polar surface area (TPSA) is 66.3 Å². The van der Waals surface area contributed by atoms with Crippen LogP contribution in [0.2, 0.25) is 5.02 Å². The molecule has 0 unspecified atom stereocenters. The van der Waals surface area contributed by atoms with E-state index in [1.165, 1.54) is 21.3 Å². The van der Waals surface area contributed by atoms with E-state index in [1.807, 2.05) is 0 Å². The molecule has 1 aliphatic heterocycles. The number of rotatable bonds is 5. The summed E-state index contributed by atoms with van der Waals surface area (Å²) in [5, 5.41) is 0.519. The minimum atomic E-state index is -0.566. The number of carbonyl (C=O) groups excluding carboxylic acids is 1. The van der Waals surface area contributed by atoms with Gasteiger partial charge in [-0.2, -0.15) is 0 Å². The fourth-order valence-electron chi connectivity index (χ4n) is 2.43. The van der Waals surface area contributed by atoms with E-state index in [0.29, 0.717) is 33.4 Å². The molecule has 0 saturated carbocycles. The van der Waals surface area contributed by atoms with Crippen LogP contribution in [0, 0.1) is 0 Å². The first kappa shape index (κ1) is 17.8. The zero-order valence-corrected chi connectivity index (χ0v) is 15.2. The van der Waals surface area contributed by atoms with Gasteiger partial charge in [0.25, 0.3) is 0 Å². The highest BCUT2D eigenvalue weighted by Gasteiger charge is 2.25. The maximum atomic E-state index is 12.2. The third-order valence-electron chi connectivity index (χ3n) is 3.70. The van der Waals surface area contributed by atoms with Crippen LogP contribution < -0.4 is 14.2 Å². The van der Waals surface area contributed by atoms with Gasteiger partial charge in [0.1, 0.15) is 17.2 Å². The monoisotopic (exact) mass is 373 g/mol. The highest BCUT2D eigenvalue weighted by atomic mass is 35.5. The number of ether oxygens (including phenoxy) is 4. The van der Waals surface area contributed by atoms with E-state index in [0.717, 1.165) is 0 Å². The van der Waals surface area contributed by atoms with Gasteiger partial charge in [0.2, 0.25) is 5.90 Å². The summed E-state index contributed by atoms with van der Waals surface area (Å²) in [5.41, 5.74) is 1.33. The Morgan fingerprint density at radius 3 is 2.31 bits per heavy atom. The van der Waals surface area contributed by atoms with Crippen LogP contribution in [0.4, 0.5) is 0 Å². The second kappa shape index (κ2) is 7.49. The third kappa shape index (κ3) is 3.65. The lowest BCUT2D eigenvalue weighted by Gasteiger charge is -2.07. The van der Waals surface area contributed by atoms with Crippen molar-refractivity contribution in [2.75, 3.05) is 21.3 Å². The Bertz CT molecular complexity index is 898. The summed E-state index contributed by atoms with van der Waals surface area (Å²) in [6.45, 7) is 0. The summed E-state index contributed by atoms with van der Waals surface area (Å²) in [4.78, 5) is 16.5. The second-order valence-electron chi connectivity index (χ2n) is 5.32. The molecule has 0 atom stereocenters. The smallest absolute Gasteiger partial charge is 0.363 e. The van der Waals surface area contributed by atoms with Gasteiger partial charge in [-0.05, 0) is 36.4 Å². The molecule has 6 nitrogen and oxygen atoms in total. The van der Waals surface area contributed by atoms with Crippen molar-refractivity contribution in [2.24, 2.45) is 4.99 Å². The highest BCUT2D eigenvalue weighted by molar-refractivity contribution is 6.30. The first-order valence-electron chi connectivity index (χ1n) is 7.63. The minimum Gasteiger partial charge on any atom is -0.497 e. The average molecular weight is 374 g/mol. The van der Waals surface area contributed by atoms with Crippen molar-refractivity contribution >= 4 is 29.5 Å². The molecule has 2 aromatic carbocycles. The van der Waals surface area contributed by atoms with Gasteiger partial charge in [0, 0.05) is 22.2 Å². The molecule has 0 N–H and O–H groups in total. The Hall–Kier alpha value is -2.99. The summed E-state index contributed by atoms with van der Waals surface area (Å²) in [7, 11) is 4.62. The molecular formula is C19H16ClNO5. The molecule has 134 valence electrons. The number of hydrogen-bond acceptors (Lipinski definition) is 6. The molecule has 1 aliphatic rings. The van der Waals surface area contributed by atoms with E-state index in [1.54, 1.807) is 42.5 Å². The van der Waals surface area contributed by atoms with Gasteiger partial charge < -0.3 is 18.9 Å². The Morgan fingerprint density at radius 1 is 1.00 bits per heavy atom. The predicted octanol–water partition coefficient (Wildman–Crippen LogP) is 3.71. The highest BCUT2D eigenvalue weighted by Crippen LogP contribution is 2.29. The Kier molecular flexibility index (Phi) is 5.14. The molecule has 3 rings (SSSR count). The van der Waals surface area contributed by atoms with Gasteiger partial charge in [0.05, 0.1) is 21.3 Å². The van der Waals surface area contributed by atoms with E-state index in [9.17, 15) is 4.79 Å². The van der Waals surface area contributed by atoms with E-state index >= 15 is 0 Å². The lowest BCUT2D eigenvalue weighted by molar-refractivity contribution is -0.129. The number of benzene rings is 2. The van der Waals surface area contributed by atoms with Crippen LogP contribution in [0.5, 0.6) is 17.2 Å². The van der Waals surface area contributed by atoms with Crippen molar-refractivity contribution in [1.29, 1.82) is 0 Å². The first-order valence-corrected chi connectivity index (χ1v) is 8.01. The normalized spacial score (nSPS) is 14.8. The molecule has 0 aromatic heterocycles. The molecule has 2 aromatic rings. The quantitative estimate of drug-likeness (QED) is 0.590. The van der Waals surface area contributed by atoms with Gasteiger partial charge in [-0.1, -0.05) is 11.6 Å². The van der Waals surface area contributed by atoms with Gasteiger partial charge in [-0.3, -0.25) is 0 Å². The molecule has 0 amide bonds. The second-order valence-corrected chi connectivity index (χ2v) is 5.76. The van der Waals surface area contributed by atoms with Crippen LogP contribution >= 0.6 is 11.6 Å². The zero-order valence-electron chi connectivity index (χ0n) is 14.4. The van der Waals surface area contributed by atoms with Crippen molar-refractivity contribution in [3.63, 3.8) is 0 Å². The van der Waals surface area contributed by atoms with Gasteiger partial charge in [-0.15, -0.1) is 0 Å². The van der Waals surface area contributed by atoms with Crippen LogP contribution in [0.25, 0.3) is 6.08 Å². The molecule has 0 saturated heterocycles. The Balaban J connectivity index is 2.01. The maximum absolute atomic E-state index is 12.2. The fourth-order valence-corrected chi connectivity index (χ4v) is 2.61. The lowest BCUT2D eigenvalue weighted by Crippen LogP contribution is -2.06. The number of carbonyl (C=O) groups is 1. The van der Waals surface area contributed by atoms with Gasteiger partial charge >= 0.3 is 5.97 Å². The molecule has 1 heterocycles. The minimum absolute atomic E-state index is 0.141. The molecule has 0 fully saturated rings. The average Bonchev–Trinajstić information content (AvgIpc) is 3.02. The molecule has 0 radical (unpaired) electrons. The standard InChI is InChI=1S/C19H16ClNO5/c1-23-14-7-12(8-15(10-14)24-2)18-21-16(19(22)26-18)9-11-6-13(20)4-5-17(11)25-3/h4-10H,1-3H3/b16-9+. The van der Waals surface area contributed by atoms with Crippen molar-refractivity contribution in [3.05, 3.63) is 58.2 Å². The van der Waals surface area contributed by atoms with Gasteiger partial charge in [-0.25, -0.2) is 9.79 Å². The van der Waals surface area contributed by atoms with E-state index in [2.05, 4.69) is 4.99 Å². The SMILES string of the molecule is COc1cc(OC)cc(C2=N/C(=C/c3cc(Cl)ccc3OC)C(=O)O2)c1. The number of halogens is 1. The number of cyclic esters (lactones) is 1. The van der Waals surface area contributed by atoms with Gasteiger partial charge in [0.15, 0.2) is 5.70 Å². The number of esters is 1. The third-order valence-corrected chi connectivity index (χ3v) is 3.94. The molecule has 0 bridgehead atoms. The molecule has 0 spiro atoms. The summed E-state index contributed by atoms with van der Waals surface area (Å²) < 4.78 is 21.0. The summed E-state index contributed by atoms with van der Waals surface area (Å²) in [6.07, 6.45) is 1.57. The van der Waals surface area contributed by atoms with Crippen molar-refractivity contribution in [1.82, 2.24) is 0 Å². The predicted molar refractivity (Wildman–Crippen MR) is 98.2 cm³/mol. The van der Waals surface area contributed by atoms with Crippen molar-refractivity contribution < 1.29 is 23.7 Å². The van der Waals surface area contributed by atoms with E-state index in [4.69, 9.17) is 30.5 Å². The lowest BCUT2D eigenvalue weighted by atomic mass is 10.1. The first-order chi connectivity index (χ1) is 12.5. The maximum Gasteiger partial charge on any atom is 0.363 e. The summed E-state index contributed by atoms with van der Waals surface area (Å²) in [5.74, 6) is 1.30. The van der Waals surface area contributed by atoms with Crippen molar-refractivity contribution in [2.45, 2.75) is 0 Å². The van der Waals surface area contributed by atoms with Crippen molar-refractivity contribution in [3.8, 4) is 17.2 Å². The molecule has 26 heavy (non-hydrogen) atoms. The molecule has 0 aliphatic carbocycles. The van der Waals surface area contributed by atoms with Crippen LogP contribution in [0.15, 0.2) is 47.1 Å². The fraction of sp³-hybridized carbons (Fsp3) is 0.158. The Morgan fingerprint density at radius 2 is 1.69 bits per heavy atom. The number of hydrogen-bond donors (Lipinski definition) is 0.